The van der Waals surface area contributed by atoms with Gasteiger partial charge in [-0.2, -0.15) is 5.26 Å². The molecule has 0 saturated carbocycles. The molecule has 6 nitrogen and oxygen atoms in total. The minimum absolute atomic E-state index is 0.113. The molecule has 0 amide bonds. The third kappa shape index (κ3) is 7.62. The molecule has 1 aliphatic rings. The quantitative estimate of drug-likeness (QED) is 0.270. The Kier molecular flexibility index (Phi) is 10.6. The SMILES string of the molecule is CCOCCCOC(=O)/C(C#N)=C1/C=C(NCCCOC)CCC1. The molecule has 0 unspecified atom stereocenters. The Bertz CT molecular complexity index is 492. The largest absolute Gasteiger partial charge is 0.461 e. The third-order valence-electron chi connectivity index (χ3n) is 3.63. The monoisotopic (exact) mass is 336 g/mol. The van der Waals surface area contributed by atoms with Crippen molar-refractivity contribution in [2.45, 2.75) is 39.0 Å². The number of carbonyl (C=O) groups excluding carboxylic acids is 1. The maximum atomic E-state index is 12.1. The van der Waals surface area contributed by atoms with E-state index >= 15 is 0 Å². The van der Waals surface area contributed by atoms with Crippen molar-refractivity contribution in [1.29, 1.82) is 5.26 Å². The molecule has 0 fully saturated rings. The molecule has 0 atom stereocenters. The molecular weight excluding hydrogens is 308 g/mol. The highest BCUT2D eigenvalue weighted by Crippen LogP contribution is 2.24. The van der Waals surface area contributed by atoms with Crippen LogP contribution in [0.4, 0.5) is 0 Å². The lowest BCUT2D eigenvalue weighted by molar-refractivity contribution is -0.139. The van der Waals surface area contributed by atoms with E-state index in [-0.39, 0.29) is 12.2 Å². The number of hydrogen-bond acceptors (Lipinski definition) is 6. The van der Waals surface area contributed by atoms with Crippen LogP contribution in [0.5, 0.6) is 0 Å². The Morgan fingerprint density at radius 2 is 2.12 bits per heavy atom. The van der Waals surface area contributed by atoms with E-state index in [1.54, 1.807) is 7.11 Å². The van der Waals surface area contributed by atoms with E-state index in [0.29, 0.717) is 26.2 Å². The average molecular weight is 336 g/mol. The van der Waals surface area contributed by atoms with Gasteiger partial charge in [-0.15, -0.1) is 0 Å². The Morgan fingerprint density at radius 1 is 1.29 bits per heavy atom. The summed E-state index contributed by atoms with van der Waals surface area (Å²) in [6.45, 7) is 4.91. The molecular formula is C18H28N2O4. The summed E-state index contributed by atoms with van der Waals surface area (Å²) in [5, 5.41) is 12.7. The lowest BCUT2D eigenvalue weighted by Gasteiger charge is -2.18. The van der Waals surface area contributed by atoms with Crippen molar-refractivity contribution in [3.05, 3.63) is 22.9 Å². The smallest absolute Gasteiger partial charge is 0.349 e. The summed E-state index contributed by atoms with van der Waals surface area (Å²) >= 11 is 0. The van der Waals surface area contributed by atoms with Gasteiger partial charge in [0, 0.05) is 45.6 Å². The van der Waals surface area contributed by atoms with E-state index in [4.69, 9.17) is 14.2 Å². The second-order valence-electron chi connectivity index (χ2n) is 5.49. The highest BCUT2D eigenvalue weighted by atomic mass is 16.5. The molecule has 0 aromatic heterocycles. The summed E-state index contributed by atoms with van der Waals surface area (Å²) in [4.78, 5) is 12.1. The van der Waals surface area contributed by atoms with Gasteiger partial charge in [-0.05, 0) is 44.3 Å². The molecule has 1 rings (SSSR count). The zero-order valence-corrected chi connectivity index (χ0v) is 14.7. The lowest BCUT2D eigenvalue weighted by Crippen LogP contribution is -2.19. The first kappa shape index (κ1) is 20.2. The molecule has 0 heterocycles. The molecule has 0 aromatic carbocycles. The number of hydrogen-bond donors (Lipinski definition) is 1. The topological polar surface area (TPSA) is 80.6 Å². The van der Waals surface area contributed by atoms with Crippen LogP contribution in [0.1, 0.15) is 39.0 Å². The predicted octanol–water partition coefficient (Wildman–Crippen LogP) is 2.47. The fourth-order valence-electron chi connectivity index (χ4n) is 2.42. The van der Waals surface area contributed by atoms with Gasteiger partial charge in [0.25, 0.3) is 0 Å². The predicted molar refractivity (Wildman–Crippen MR) is 91.1 cm³/mol. The van der Waals surface area contributed by atoms with Crippen LogP contribution >= 0.6 is 0 Å². The highest BCUT2D eigenvalue weighted by molar-refractivity contribution is 5.94. The molecule has 24 heavy (non-hydrogen) atoms. The van der Waals surface area contributed by atoms with Gasteiger partial charge in [0.15, 0.2) is 0 Å². The van der Waals surface area contributed by atoms with Gasteiger partial charge in [-0.25, -0.2) is 4.79 Å². The first-order valence-corrected chi connectivity index (χ1v) is 8.54. The van der Waals surface area contributed by atoms with Gasteiger partial charge in [0.1, 0.15) is 11.6 Å². The van der Waals surface area contributed by atoms with Crippen molar-refractivity contribution in [3.63, 3.8) is 0 Å². The van der Waals surface area contributed by atoms with Crippen LogP contribution in [0, 0.1) is 11.3 Å². The average Bonchev–Trinajstić information content (AvgIpc) is 2.60. The standard InChI is InChI=1S/C18H28N2O4/c1-3-23-11-6-12-24-18(21)17(14-19)15-7-4-8-16(13-15)20-9-5-10-22-2/h13,20H,3-12H2,1-2H3/b17-15+. The molecule has 0 spiro atoms. The summed E-state index contributed by atoms with van der Waals surface area (Å²) in [7, 11) is 1.68. The van der Waals surface area contributed by atoms with Crippen molar-refractivity contribution in [1.82, 2.24) is 5.32 Å². The van der Waals surface area contributed by atoms with E-state index in [0.717, 1.165) is 43.5 Å². The van der Waals surface area contributed by atoms with Crippen LogP contribution in [0.25, 0.3) is 0 Å². The molecule has 1 aliphatic carbocycles. The maximum Gasteiger partial charge on any atom is 0.349 e. The van der Waals surface area contributed by atoms with E-state index in [2.05, 4.69) is 5.32 Å². The molecule has 0 aliphatic heterocycles. The van der Waals surface area contributed by atoms with E-state index in [1.807, 2.05) is 19.1 Å². The third-order valence-corrected chi connectivity index (χ3v) is 3.63. The van der Waals surface area contributed by atoms with Crippen molar-refractivity contribution in [2.75, 3.05) is 40.1 Å². The molecule has 0 bridgehead atoms. The van der Waals surface area contributed by atoms with E-state index < -0.39 is 5.97 Å². The fraction of sp³-hybridized carbons (Fsp3) is 0.667. The minimum atomic E-state index is -0.541. The zero-order chi connectivity index (χ0) is 17.6. The molecule has 6 heteroatoms. The summed E-state index contributed by atoms with van der Waals surface area (Å²) in [5.41, 5.74) is 1.93. The summed E-state index contributed by atoms with van der Waals surface area (Å²) in [5.74, 6) is -0.541. The number of methoxy groups -OCH3 is 1. The van der Waals surface area contributed by atoms with Gasteiger partial charge in [-0.3, -0.25) is 0 Å². The Morgan fingerprint density at radius 3 is 2.83 bits per heavy atom. The van der Waals surface area contributed by atoms with Crippen LogP contribution in [0.15, 0.2) is 22.9 Å². The zero-order valence-electron chi connectivity index (χ0n) is 14.7. The number of nitrogens with one attached hydrogen (secondary N) is 1. The molecule has 0 saturated heterocycles. The van der Waals surface area contributed by atoms with Gasteiger partial charge in [0.05, 0.1) is 6.61 Å². The number of nitriles is 1. The van der Waals surface area contributed by atoms with Crippen LogP contribution in [0.2, 0.25) is 0 Å². The minimum Gasteiger partial charge on any atom is -0.461 e. The van der Waals surface area contributed by atoms with Gasteiger partial charge in [0.2, 0.25) is 0 Å². The number of rotatable bonds is 11. The number of allylic oxidation sites excluding steroid dienone is 3. The first-order valence-electron chi connectivity index (χ1n) is 8.54. The van der Waals surface area contributed by atoms with E-state index in [9.17, 15) is 10.1 Å². The van der Waals surface area contributed by atoms with Crippen LogP contribution < -0.4 is 5.32 Å². The summed E-state index contributed by atoms with van der Waals surface area (Å²) in [6.07, 6.45) is 6.03. The molecule has 0 aromatic rings. The summed E-state index contributed by atoms with van der Waals surface area (Å²) in [6, 6.07) is 2.00. The second kappa shape index (κ2) is 12.6. The highest BCUT2D eigenvalue weighted by Gasteiger charge is 2.18. The summed E-state index contributed by atoms with van der Waals surface area (Å²) < 4.78 is 15.4. The van der Waals surface area contributed by atoms with Gasteiger partial charge >= 0.3 is 5.97 Å². The van der Waals surface area contributed by atoms with Crippen molar-refractivity contribution >= 4 is 5.97 Å². The Labute approximate surface area is 144 Å². The van der Waals surface area contributed by atoms with Crippen LogP contribution in [-0.4, -0.2) is 46.1 Å². The van der Waals surface area contributed by atoms with Crippen molar-refractivity contribution in [2.24, 2.45) is 0 Å². The van der Waals surface area contributed by atoms with Gasteiger partial charge < -0.3 is 19.5 Å². The van der Waals surface area contributed by atoms with Crippen molar-refractivity contribution in [3.8, 4) is 6.07 Å². The molecule has 0 radical (unpaired) electrons. The Hall–Kier alpha value is -1.84. The van der Waals surface area contributed by atoms with Crippen LogP contribution in [-0.2, 0) is 19.0 Å². The first-order chi connectivity index (χ1) is 11.7. The fourth-order valence-corrected chi connectivity index (χ4v) is 2.42. The van der Waals surface area contributed by atoms with Crippen molar-refractivity contribution < 1.29 is 19.0 Å². The molecule has 134 valence electrons. The Balaban J connectivity index is 2.58. The number of carbonyl (C=O) groups is 1. The number of nitrogens with zero attached hydrogens (tertiary/aromatic N) is 1. The second-order valence-corrected chi connectivity index (χ2v) is 5.49. The van der Waals surface area contributed by atoms with Crippen LogP contribution in [0.3, 0.4) is 0 Å². The lowest BCUT2D eigenvalue weighted by atomic mass is 9.95. The number of ether oxygens (including phenoxy) is 3. The van der Waals surface area contributed by atoms with E-state index in [1.165, 1.54) is 0 Å². The van der Waals surface area contributed by atoms with Gasteiger partial charge in [-0.1, -0.05) is 0 Å². The molecule has 1 N–H and O–H groups in total. The maximum absolute atomic E-state index is 12.1. The normalized spacial score (nSPS) is 16.1. The number of esters is 1.